The molecule has 0 amide bonds. The molecule has 0 bridgehead atoms. The predicted octanol–water partition coefficient (Wildman–Crippen LogP) is 4.40. The average molecular weight is 316 g/mol. The van der Waals surface area contributed by atoms with Gasteiger partial charge in [-0.2, -0.15) is 0 Å². The third kappa shape index (κ3) is 5.57. The van der Waals surface area contributed by atoms with Crippen LogP contribution in [0.4, 0.5) is 0 Å². The molecule has 0 rings (SSSR count). The summed E-state index contributed by atoms with van der Waals surface area (Å²) in [4.78, 5) is 0. The SMILES string of the molecule is CCC[PH](CCC)(CCC)CCI. The number of hydrogen-bond donors (Lipinski definition) is 0. The molecule has 0 spiro atoms. The maximum atomic E-state index is 2.57. The molecule has 0 radical (unpaired) electrons. The monoisotopic (exact) mass is 316 g/mol. The van der Waals surface area contributed by atoms with Gasteiger partial charge in [-0.25, -0.2) is 0 Å². The first-order valence-corrected chi connectivity index (χ1v) is 10.2. The Morgan fingerprint density at radius 2 is 1.15 bits per heavy atom. The van der Waals surface area contributed by atoms with Crippen LogP contribution in [0.3, 0.4) is 0 Å². The molecule has 0 aromatic heterocycles. The summed E-state index contributed by atoms with van der Waals surface area (Å²) in [7, 11) is -0.803. The molecule has 0 saturated heterocycles. The van der Waals surface area contributed by atoms with Crippen molar-refractivity contribution in [2.24, 2.45) is 0 Å². The Balaban J connectivity index is 4.19. The zero-order valence-corrected chi connectivity index (χ0v) is 12.7. The van der Waals surface area contributed by atoms with Gasteiger partial charge in [-0.3, -0.25) is 0 Å². The standard InChI is InChI=1S/C11H26IP/c1-4-8-13(9-5-2,10-6-3)11-7-12/h13H,4-11H2,1-3H3. The van der Waals surface area contributed by atoms with Gasteiger partial charge < -0.3 is 0 Å². The third-order valence-corrected chi connectivity index (χ3v) is 10.5. The zero-order valence-electron chi connectivity index (χ0n) is 9.53. The fraction of sp³-hybridized carbons (Fsp3) is 1.00. The second kappa shape index (κ2) is 8.47. The average Bonchev–Trinajstić information content (AvgIpc) is 2.06. The summed E-state index contributed by atoms with van der Waals surface area (Å²) in [5.41, 5.74) is 0. The van der Waals surface area contributed by atoms with Gasteiger partial charge in [0.25, 0.3) is 0 Å². The summed E-state index contributed by atoms with van der Waals surface area (Å²) in [6, 6.07) is 0. The van der Waals surface area contributed by atoms with Gasteiger partial charge in [0.2, 0.25) is 0 Å². The van der Waals surface area contributed by atoms with E-state index in [4.69, 9.17) is 0 Å². The number of alkyl halides is 1. The van der Waals surface area contributed by atoms with Gasteiger partial charge in [-0.1, -0.05) is 0 Å². The van der Waals surface area contributed by atoms with Gasteiger partial charge >= 0.3 is 99.0 Å². The van der Waals surface area contributed by atoms with E-state index in [0.717, 1.165) is 0 Å². The van der Waals surface area contributed by atoms with Crippen molar-refractivity contribution in [2.45, 2.75) is 40.0 Å². The minimum atomic E-state index is -0.803. The van der Waals surface area contributed by atoms with Gasteiger partial charge in [0.05, 0.1) is 0 Å². The van der Waals surface area contributed by atoms with E-state index in [0.29, 0.717) is 0 Å². The van der Waals surface area contributed by atoms with Gasteiger partial charge in [-0.15, -0.1) is 0 Å². The number of halogens is 1. The quantitative estimate of drug-likeness (QED) is 0.354. The molecule has 0 saturated carbocycles. The molecule has 0 heterocycles. The Morgan fingerprint density at radius 3 is 1.38 bits per heavy atom. The molecule has 0 unspecified atom stereocenters. The van der Waals surface area contributed by atoms with Crippen LogP contribution in [-0.4, -0.2) is 29.1 Å². The van der Waals surface area contributed by atoms with Gasteiger partial charge in [0.1, 0.15) is 0 Å². The Kier molecular flexibility index (Phi) is 9.22. The van der Waals surface area contributed by atoms with Crippen LogP contribution in [0.25, 0.3) is 0 Å². The van der Waals surface area contributed by atoms with Crippen LogP contribution in [-0.2, 0) is 0 Å². The molecule has 0 aromatic carbocycles. The maximum absolute atomic E-state index is 2.57. The summed E-state index contributed by atoms with van der Waals surface area (Å²) in [5, 5.41) is 0. The van der Waals surface area contributed by atoms with Crippen molar-refractivity contribution in [1.29, 1.82) is 0 Å². The first-order chi connectivity index (χ1) is 6.24. The molecule has 0 N–H and O–H groups in total. The second-order valence-electron chi connectivity index (χ2n) is 4.19. The van der Waals surface area contributed by atoms with Crippen LogP contribution >= 0.6 is 29.9 Å². The Morgan fingerprint density at radius 1 is 0.769 bits per heavy atom. The molecule has 0 aliphatic rings. The van der Waals surface area contributed by atoms with Gasteiger partial charge in [0, 0.05) is 0 Å². The zero-order chi connectivity index (χ0) is 10.2. The molecule has 0 aromatic rings. The molecule has 13 heavy (non-hydrogen) atoms. The van der Waals surface area contributed by atoms with Crippen LogP contribution < -0.4 is 0 Å². The fourth-order valence-electron chi connectivity index (χ4n) is 2.54. The first kappa shape index (κ1) is 14.2. The van der Waals surface area contributed by atoms with Crippen molar-refractivity contribution in [1.82, 2.24) is 0 Å². The van der Waals surface area contributed by atoms with E-state index >= 15 is 0 Å². The number of hydrogen-bond acceptors (Lipinski definition) is 0. The van der Waals surface area contributed by atoms with Crippen LogP contribution in [0, 0.1) is 0 Å². The van der Waals surface area contributed by atoms with E-state index in [1.807, 2.05) is 0 Å². The molecular weight excluding hydrogens is 290 g/mol. The third-order valence-electron chi connectivity index (χ3n) is 2.97. The van der Waals surface area contributed by atoms with Gasteiger partial charge in [0.15, 0.2) is 0 Å². The van der Waals surface area contributed by atoms with Crippen LogP contribution in [0.2, 0.25) is 0 Å². The van der Waals surface area contributed by atoms with Gasteiger partial charge in [-0.05, 0) is 0 Å². The van der Waals surface area contributed by atoms with E-state index in [9.17, 15) is 0 Å². The number of rotatable bonds is 8. The first-order valence-electron chi connectivity index (χ1n) is 5.80. The molecule has 2 heteroatoms. The summed E-state index contributed by atoms with van der Waals surface area (Å²) in [6.45, 7) is 7.08. The van der Waals surface area contributed by atoms with E-state index in [-0.39, 0.29) is 0 Å². The van der Waals surface area contributed by atoms with Crippen molar-refractivity contribution >= 4 is 29.9 Å². The normalized spacial score (nSPS) is 13.2. The summed E-state index contributed by atoms with van der Waals surface area (Å²) in [5.74, 6) is 0. The van der Waals surface area contributed by atoms with Crippen molar-refractivity contribution in [3.63, 3.8) is 0 Å². The minimum absolute atomic E-state index is 0.803. The predicted molar refractivity (Wildman–Crippen MR) is 77.5 cm³/mol. The Bertz CT molecular complexity index is 85.1. The molecule has 0 aliphatic heterocycles. The topological polar surface area (TPSA) is 0 Å². The molecule has 82 valence electrons. The molecule has 0 atom stereocenters. The van der Waals surface area contributed by atoms with Crippen LogP contribution in [0.15, 0.2) is 0 Å². The van der Waals surface area contributed by atoms with E-state index in [1.54, 1.807) is 24.6 Å². The molecule has 0 aliphatic carbocycles. The summed E-state index contributed by atoms with van der Waals surface area (Å²) < 4.78 is 1.39. The van der Waals surface area contributed by atoms with Crippen LogP contribution in [0.1, 0.15) is 40.0 Å². The summed E-state index contributed by atoms with van der Waals surface area (Å²) >= 11 is 2.57. The Labute approximate surface area is 98.7 Å². The van der Waals surface area contributed by atoms with E-state index in [2.05, 4.69) is 43.4 Å². The second-order valence-corrected chi connectivity index (χ2v) is 10.3. The Hall–Kier alpha value is 1.16. The van der Waals surface area contributed by atoms with Crippen molar-refractivity contribution in [3.8, 4) is 0 Å². The van der Waals surface area contributed by atoms with Crippen molar-refractivity contribution < 1.29 is 0 Å². The van der Waals surface area contributed by atoms with E-state index in [1.165, 1.54) is 23.7 Å². The van der Waals surface area contributed by atoms with Crippen molar-refractivity contribution in [2.75, 3.05) is 29.1 Å². The molecular formula is C11H26IP. The van der Waals surface area contributed by atoms with Crippen molar-refractivity contribution in [3.05, 3.63) is 0 Å². The summed E-state index contributed by atoms with van der Waals surface area (Å²) in [6.07, 6.45) is 10.6. The van der Waals surface area contributed by atoms with Crippen LogP contribution in [0.5, 0.6) is 0 Å². The van der Waals surface area contributed by atoms with E-state index < -0.39 is 7.26 Å². The molecule has 0 fully saturated rings. The molecule has 0 nitrogen and oxygen atoms in total. The fourth-order valence-corrected chi connectivity index (χ4v) is 11.1.